The van der Waals surface area contributed by atoms with Gasteiger partial charge in [0.1, 0.15) is 5.02 Å². The Bertz CT molecular complexity index is 454. The SMILES string of the molecule is NNc1ncc(Cl)c(NC2CCN3CCCCC23)n1. The summed E-state index contributed by atoms with van der Waals surface area (Å²) in [6, 6.07) is 1.02. The highest BCUT2D eigenvalue weighted by molar-refractivity contribution is 6.32. The summed E-state index contributed by atoms with van der Waals surface area (Å²) in [7, 11) is 0. The molecule has 3 rings (SSSR count). The molecule has 2 unspecified atom stereocenters. The van der Waals surface area contributed by atoms with Crippen molar-refractivity contribution in [1.29, 1.82) is 0 Å². The Morgan fingerprint density at radius 1 is 1.32 bits per heavy atom. The number of anilines is 2. The first-order valence-electron chi connectivity index (χ1n) is 6.77. The number of halogens is 1. The highest BCUT2D eigenvalue weighted by Crippen LogP contribution is 2.30. The van der Waals surface area contributed by atoms with Gasteiger partial charge in [-0.2, -0.15) is 4.98 Å². The predicted molar refractivity (Wildman–Crippen MR) is 76.1 cm³/mol. The van der Waals surface area contributed by atoms with Crippen molar-refractivity contribution in [1.82, 2.24) is 14.9 Å². The first-order valence-corrected chi connectivity index (χ1v) is 7.15. The predicted octanol–water partition coefficient (Wildman–Crippen LogP) is 1.45. The number of piperidine rings is 1. The third-order valence-corrected chi connectivity index (χ3v) is 4.33. The number of fused-ring (bicyclic) bond motifs is 1. The molecule has 104 valence electrons. The van der Waals surface area contributed by atoms with Crippen LogP contribution in [0.5, 0.6) is 0 Å². The fraction of sp³-hybridized carbons (Fsp3) is 0.667. The molecule has 19 heavy (non-hydrogen) atoms. The standard InChI is InChI=1S/C12H19ClN6/c13-8-7-15-12(18-14)17-11(8)16-9-4-6-19-5-2-1-3-10(9)19/h7,9-10H,1-6,14H2,(H2,15,16,17,18). The molecule has 2 aliphatic rings. The molecule has 3 heterocycles. The maximum atomic E-state index is 6.14. The zero-order valence-electron chi connectivity index (χ0n) is 10.8. The number of hydrogen-bond acceptors (Lipinski definition) is 6. The van der Waals surface area contributed by atoms with E-state index in [1.165, 1.54) is 25.8 Å². The van der Waals surface area contributed by atoms with Crippen LogP contribution in [0, 0.1) is 0 Å². The van der Waals surface area contributed by atoms with E-state index >= 15 is 0 Å². The summed E-state index contributed by atoms with van der Waals surface area (Å²) in [5.41, 5.74) is 2.44. The normalized spacial score (nSPS) is 27.1. The molecule has 0 aromatic carbocycles. The molecule has 6 nitrogen and oxygen atoms in total. The van der Waals surface area contributed by atoms with Crippen LogP contribution in [0.4, 0.5) is 11.8 Å². The molecule has 2 aliphatic heterocycles. The van der Waals surface area contributed by atoms with Crippen LogP contribution < -0.4 is 16.6 Å². The van der Waals surface area contributed by atoms with Gasteiger partial charge >= 0.3 is 0 Å². The molecule has 4 N–H and O–H groups in total. The van der Waals surface area contributed by atoms with E-state index in [9.17, 15) is 0 Å². The van der Waals surface area contributed by atoms with Crippen LogP contribution in [0.15, 0.2) is 6.20 Å². The zero-order chi connectivity index (χ0) is 13.2. The van der Waals surface area contributed by atoms with Gasteiger partial charge in [-0.25, -0.2) is 10.8 Å². The van der Waals surface area contributed by atoms with Gasteiger partial charge in [0.15, 0.2) is 5.82 Å². The monoisotopic (exact) mass is 282 g/mol. The van der Waals surface area contributed by atoms with Crippen molar-refractivity contribution < 1.29 is 0 Å². The minimum absolute atomic E-state index is 0.380. The molecule has 7 heteroatoms. The fourth-order valence-electron chi connectivity index (χ4n) is 3.13. The molecular formula is C12H19ClN6. The van der Waals surface area contributed by atoms with Crippen LogP contribution in [0.2, 0.25) is 5.02 Å². The van der Waals surface area contributed by atoms with Crippen molar-refractivity contribution in [2.75, 3.05) is 23.8 Å². The number of nitrogens with one attached hydrogen (secondary N) is 2. The third-order valence-electron chi connectivity index (χ3n) is 4.05. The van der Waals surface area contributed by atoms with E-state index in [0.29, 0.717) is 28.9 Å². The lowest BCUT2D eigenvalue weighted by atomic mass is 9.99. The van der Waals surface area contributed by atoms with Gasteiger partial charge in [0.25, 0.3) is 0 Å². The Hall–Kier alpha value is -1.11. The lowest BCUT2D eigenvalue weighted by Gasteiger charge is -2.32. The van der Waals surface area contributed by atoms with Gasteiger partial charge in [-0.3, -0.25) is 10.3 Å². The molecule has 0 spiro atoms. The molecule has 2 saturated heterocycles. The Balaban J connectivity index is 1.74. The van der Waals surface area contributed by atoms with Gasteiger partial charge in [-0.15, -0.1) is 0 Å². The Kier molecular flexibility index (Phi) is 3.72. The molecule has 0 amide bonds. The Labute approximate surface area is 117 Å². The average Bonchev–Trinajstić information content (AvgIpc) is 2.85. The maximum absolute atomic E-state index is 6.14. The first-order chi connectivity index (χ1) is 9.28. The number of nitrogen functional groups attached to an aromatic ring is 1. The lowest BCUT2D eigenvalue weighted by Crippen LogP contribution is -2.41. The quantitative estimate of drug-likeness (QED) is 0.575. The third kappa shape index (κ3) is 2.61. The number of aromatic nitrogens is 2. The largest absolute Gasteiger partial charge is 0.364 e. The maximum Gasteiger partial charge on any atom is 0.239 e. The van der Waals surface area contributed by atoms with Gasteiger partial charge < -0.3 is 5.32 Å². The van der Waals surface area contributed by atoms with Crippen LogP contribution >= 0.6 is 11.6 Å². The Morgan fingerprint density at radius 2 is 2.21 bits per heavy atom. The number of nitrogens with two attached hydrogens (primary N) is 1. The second-order valence-corrected chi connectivity index (χ2v) is 5.58. The van der Waals surface area contributed by atoms with Gasteiger partial charge in [0, 0.05) is 18.6 Å². The number of nitrogens with zero attached hydrogens (tertiary/aromatic N) is 3. The summed E-state index contributed by atoms with van der Waals surface area (Å²) in [4.78, 5) is 10.8. The van der Waals surface area contributed by atoms with Crippen LogP contribution in [-0.4, -0.2) is 40.0 Å². The van der Waals surface area contributed by atoms with Crippen LogP contribution in [0.25, 0.3) is 0 Å². The molecule has 1 aromatic heterocycles. The highest BCUT2D eigenvalue weighted by atomic mass is 35.5. The minimum atomic E-state index is 0.380. The summed E-state index contributed by atoms with van der Waals surface area (Å²) in [5.74, 6) is 6.38. The smallest absolute Gasteiger partial charge is 0.239 e. The van der Waals surface area contributed by atoms with Gasteiger partial charge in [-0.1, -0.05) is 18.0 Å². The molecular weight excluding hydrogens is 264 g/mol. The van der Waals surface area contributed by atoms with Crippen molar-refractivity contribution in [3.05, 3.63) is 11.2 Å². The van der Waals surface area contributed by atoms with Crippen molar-refractivity contribution in [2.24, 2.45) is 5.84 Å². The van der Waals surface area contributed by atoms with Gasteiger partial charge in [0.05, 0.1) is 6.20 Å². The molecule has 2 atom stereocenters. The number of hydrazine groups is 1. The summed E-state index contributed by atoms with van der Waals surface area (Å²) in [6.07, 6.45) is 6.59. The van der Waals surface area contributed by atoms with E-state index in [4.69, 9.17) is 17.4 Å². The molecule has 2 fully saturated rings. The van der Waals surface area contributed by atoms with Crippen molar-refractivity contribution in [2.45, 2.75) is 37.8 Å². The molecule has 1 aromatic rings. The highest BCUT2D eigenvalue weighted by Gasteiger charge is 2.35. The summed E-state index contributed by atoms with van der Waals surface area (Å²) in [5, 5.41) is 4.00. The summed E-state index contributed by atoms with van der Waals surface area (Å²) >= 11 is 6.14. The molecule has 0 saturated carbocycles. The molecule has 0 bridgehead atoms. The minimum Gasteiger partial charge on any atom is -0.364 e. The molecule has 0 radical (unpaired) electrons. The second kappa shape index (κ2) is 5.48. The topological polar surface area (TPSA) is 79.1 Å². The van der Waals surface area contributed by atoms with E-state index in [2.05, 4.69) is 25.6 Å². The first kappa shape index (κ1) is 12.9. The second-order valence-electron chi connectivity index (χ2n) is 5.17. The fourth-order valence-corrected chi connectivity index (χ4v) is 3.27. The number of hydrogen-bond donors (Lipinski definition) is 3. The lowest BCUT2D eigenvalue weighted by molar-refractivity contribution is 0.192. The summed E-state index contributed by atoms with van der Waals surface area (Å²) in [6.45, 7) is 2.38. The van der Waals surface area contributed by atoms with Crippen molar-refractivity contribution in [3.8, 4) is 0 Å². The average molecular weight is 283 g/mol. The Morgan fingerprint density at radius 3 is 3.05 bits per heavy atom. The van der Waals surface area contributed by atoms with Crippen LogP contribution in [0.1, 0.15) is 25.7 Å². The van der Waals surface area contributed by atoms with Crippen LogP contribution in [-0.2, 0) is 0 Å². The summed E-state index contributed by atoms with van der Waals surface area (Å²) < 4.78 is 0. The van der Waals surface area contributed by atoms with E-state index in [1.807, 2.05) is 0 Å². The molecule has 0 aliphatic carbocycles. The van der Waals surface area contributed by atoms with Crippen LogP contribution in [0.3, 0.4) is 0 Å². The van der Waals surface area contributed by atoms with E-state index in [-0.39, 0.29) is 0 Å². The zero-order valence-corrected chi connectivity index (χ0v) is 11.5. The van der Waals surface area contributed by atoms with Gasteiger partial charge in [0.2, 0.25) is 5.95 Å². The number of rotatable bonds is 3. The van der Waals surface area contributed by atoms with E-state index in [1.54, 1.807) is 6.20 Å². The van der Waals surface area contributed by atoms with Gasteiger partial charge in [-0.05, 0) is 25.8 Å². The van der Waals surface area contributed by atoms with Crippen molar-refractivity contribution >= 4 is 23.4 Å². The van der Waals surface area contributed by atoms with E-state index in [0.717, 1.165) is 13.0 Å². The van der Waals surface area contributed by atoms with E-state index < -0.39 is 0 Å². The van der Waals surface area contributed by atoms with Crippen molar-refractivity contribution in [3.63, 3.8) is 0 Å².